The van der Waals surface area contributed by atoms with Crippen LogP contribution in [-0.4, -0.2) is 26.1 Å². The predicted octanol–water partition coefficient (Wildman–Crippen LogP) is 3.15. The summed E-state index contributed by atoms with van der Waals surface area (Å²) in [6.45, 7) is 2.13. The van der Waals surface area contributed by atoms with Crippen molar-refractivity contribution in [1.82, 2.24) is 4.98 Å². The molecule has 0 aliphatic carbocycles. The second-order valence-electron chi connectivity index (χ2n) is 4.51. The largest absolute Gasteiger partial charge is 0.378 e. The first-order valence-electron chi connectivity index (χ1n) is 6.00. The van der Waals surface area contributed by atoms with Gasteiger partial charge in [0.05, 0.1) is 5.69 Å². The van der Waals surface area contributed by atoms with Gasteiger partial charge in [-0.3, -0.25) is 0 Å². The molecule has 18 heavy (non-hydrogen) atoms. The van der Waals surface area contributed by atoms with Crippen molar-refractivity contribution in [3.05, 3.63) is 40.4 Å². The molecular formula is C14H19N3S. The van der Waals surface area contributed by atoms with Crippen molar-refractivity contribution in [2.24, 2.45) is 0 Å². The summed E-state index contributed by atoms with van der Waals surface area (Å²) in [7, 11) is 6.02. The number of nitrogens with one attached hydrogen (secondary N) is 1. The third-order valence-corrected chi connectivity index (χ3v) is 3.96. The van der Waals surface area contributed by atoms with Crippen LogP contribution in [-0.2, 0) is 6.42 Å². The van der Waals surface area contributed by atoms with E-state index in [-0.39, 0.29) is 0 Å². The van der Waals surface area contributed by atoms with Gasteiger partial charge in [0.25, 0.3) is 0 Å². The molecule has 1 N–H and O–H groups in total. The van der Waals surface area contributed by atoms with Crippen LogP contribution in [0.25, 0.3) is 0 Å². The minimum absolute atomic E-state index is 0.901. The van der Waals surface area contributed by atoms with Gasteiger partial charge in [-0.15, -0.1) is 11.3 Å². The van der Waals surface area contributed by atoms with Crippen molar-refractivity contribution in [1.29, 1.82) is 0 Å². The van der Waals surface area contributed by atoms with Gasteiger partial charge in [-0.2, -0.15) is 0 Å². The molecule has 4 heteroatoms. The molecule has 0 bridgehead atoms. The molecule has 0 saturated heterocycles. The summed E-state index contributed by atoms with van der Waals surface area (Å²) in [6, 6.07) is 8.65. The van der Waals surface area contributed by atoms with Gasteiger partial charge in [0.1, 0.15) is 0 Å². The Hall–Kier alpha value is -1.55. The lowest BCUT2D eigenvalue weighted by Gasteiger charge is -2.12. The molecule has 0 amide bonds. The van der Waals surface area contributed by atoms with E-state index in [1.54, 1.807) is 11.3 Å². The molecule has 1 aromatic carbocycles. The SMILES string of the molecule is CNc1nc(Cc2ccc(N(C)C)cc2)c(C)s1. The van der Waals surface area contributed by atoms with Crippen molar-refractivity contribution in [2.45, 2.75) is 13.3 Å². The van der Waals surface area contributed by atoms with E-state index in [0.717, 1.165) is 11.6 Å². The molecule has 1 heterocycles. The Morgan fingerprint density at radius 3 is 2.39 bits per heavy atom. The fraction of sp³-hybridized carbons (Fsp3) is 0.357. The summed E-state index contributed by atoms with van der Waals surface area (Å²) in [5.74, 6) is 0. The van der Waals surface area contributed by atoms with Gasteiger partial charge in [0.2, 0.25) is 0 Å². The second-order valence-corrected chi connectivity index (χ2v) is 5.71. The van der Waals surface area contributed by atoms with E-state index in [2.05, 4.69) is 60.5 Å². The summed E-state index contributed by atoms with van der Waals surface area (Å²) < 4.78 is 0. The molecule has 96 valence electrons. The molecule has 0 fully saturated rings. The van der Waals surface area contributed by atoms with E-state index in [4.69, 9.17) is 0 Å². The number of benzene rings is 1. The van der Waals surface area contributed by atoms with Crippen molar-refractivity contribution in [3.8, 4) is 0 Å². The minimum Gasteiger partial charge on any atom is -0.378 e. The number of nitrogens with zero attached hydrogens (tertiary/aromatic N) is 2. The molecule has 0 unspecified atom stereocenters. The first kappa shape index (κ1) is 12.9. The highest BCUT2D eigenvalue weighted by Crippen LogP contribution is 2.24. The molecule has 0 aliphatic rings. The lowest BCUT2D eigenvalue weighted by Crippen LogP contribution is -2.08. The van der Waals surface area contributed by atoms with Crippen molar-refractivity contribution >= 4 is 22.2 Å². The number of anilines is 2. The topological polar surface area (TPSA) is 28.2 Å². The Kier molecular flexibility index (Phi) is 3.87. The van der Waals surface area contributed by atoms with E-state index >= 15 is 0 Å². The number of aromatic nitrogens is 1. The van der Waals surface area contributed by atoms with Crippen molar-refractivity contribution in [2.75, 3.05) is 31.4 Å². The second kappa shape index (κ2) is 5.40. The Balaban J connectivity index is 2.15. The summed E-state index contributed by atoms with van der Waals surface area (Å²) in [4.78, 5) is 7.97. The highest BCUT2D eigenvalue weighted by atomic mass is 32.1. The number of rotatable bonds is 4. The van der Waals surface area contributed by atoms with Crippen LogP contribution in [0.2, 0.25) is 0 Å². The Bertz CT molecular complexity index is 514. The van der Waals surface area contributed by atoms with Gasteiger partial charge in [0.15, 0.2) is 5.13 Å². The quantitative estimate of drug-likeness (QED) is 0.916. The molecule has 0 spiro atoms. The number of hydrogen-bond donors (Lipinski definition) is 1. The first-order valence-corrected chi connectivity index (χ1v) is 6.82. The zero-order valence-corrected chi connectivity index (χ0v) is 12.1. The number of thiazole rings is 1. The standard InChI is InChI=1S/C14H19N3S/c1-10-13(16-14(15-2)18-10)9-11-5-7-12(8-6-11)17(3)4/h5-8H,9H2,1-4H3,(H,15,16). The van der Waals surface area contributed by atoms with Crippen molar-refractivity contribution < 1.29 is 0 Å². The zero-order valence-electron chi connectivity index (χ0n) is 11.3. The highest BCUT2D eigenvalue weighted by molar-refractivity contribution is 7.15. The Labute approximate surface area is 112 Å². The molecule has 2 aromatic rings. The average Bonchev–Trinajstić information content (AvgIpc) is 2.71. The van der Waals surface area contributed by atoms with E-state index in [1.165, 1.54) is 21.8 Å². The summed E-state index contributed by atoms with van der Waals surface area (Å²) in [6.07, 6.45) is 0.901. The molecule has 0 aliphatic heterocycles. The predicted molar refractivity (Wildman–Crippen MR) is 80.0 cm³/mol. The summed E-state index contributed by atoms with van der Waals surface area (Å²) in [5.41, 5.74) is 3.70. The van der Waals surface area contributed by atoms with Crippen LogP contribution < -0.4 is 10.2 Å². The van der Waals surface area contributed by atoms with Crippen LogP contribution in [0.4, 0.5) is 10.8 Å². The average molecular weight is 261 g/mol. The molecular weight excluding hydrogens is 242 g/mol. The maximum Gasteiger partial charge on any atom is 0.182 e. The summed E-state index contributed by atoms with van der Waals surface area (Å²) in [5, 5.41) is 4.09. The minimum atomic E-state index is 0.901. The Morgan fingerprint density at radius 2 is 1.89 bits per heavy atom. The number of hydrogen-bond acceptors (Lipinski definition) is 4. The van der Waals surface area contributed by atoms with E-state index in [1.807, 2.05) is 7.05 Å². The summed E-state index contributed by atoms with van der Waals surface area (Å²) >= 11 is 1.71. The first-order chi connectivity index (χ1) is 8.60. The number of aryl methyl sites for hydroxylation is 1. The van der Waals surface area contributed by atoms with Crippen LogP contribution in [0, 0.1) is 6.92 Å². The highest BCUT2D eigenvalue weighted by Gasteiger charge is 2.07. The maximum atomic E-state index is 4.58. The molecule has 1 aromatic heterocycles. The monoisotopic (exact) mass is 261 g/mol. The zero-order chi connectivity index (χ0) is 13.1. The third-order valence-electron chi connectivity index (χ3n) is 2.93. The van der Waals surface area contributed by atoms with Gasteiger partial charge in [0, 0.05) is 38.1 Å². The fourth-order valence-electron chi connectivity index (χ4n) is 1.80. The molecule has 0 saturated carbocycles. The van der Waals surface area contributed by atoms with Gasteiger partial charge < -0.3 is 10.2 Å². The van der Waals surface area contributed by atoms with E-state index in [0.29, 0.717) is 0 Å². The lowest BCUT2D eigenvalue weighted by molar-refractivity contribution is 1.08. The molecule has 3 nitrogen and oxygen atoms in total. The Morgan fingerprint density at radius 1 is 1.22 bits per heavy atom. The van der Waals surface area contributed by atoms with Gasteiger partial charge >= 0.3 is 0 Å². The maximum absolute atomic E-state index is 4.58. The van der Waals surface area contributed by atoms with Gasteiger partial charge in [-0.25, -0.2) is 4.98 Å². The van der Waals surface area contributed by atoms with E-state index < -0.39 is 0 Å². The van der Waals surface area contributed by atoms with Crippen LogP contribution in [0.1, 0.15) is 16.1 Å². The van der Waals surface area contributed by atoms with Crippen molar-refractivity contribution in [3.63, 3.8) is 0 Å². The van der Waals surface area contributed by atoms with Crippen LogP contribution >= 0.6 is 11.3 Å². The third kappa shape index (κ3) is 2.82. The smallest absolute Gasteiger partial charge is 0.182 e. The fourth-order valence-corrected chi connectivity index (χ4v) is 2.59. The molecule has 2 rings (SSSR count). The van der Waals surface area contributed by atoms with E-state index in [9.17, 15) is 0 Å². The molecule has 0 atom stereocenters. The molecule has 0 radical (unpaired) electrons. The van der Waals surface area contributed by atoms with Crippen LogP contribution in [0.5, 0.6) is 0 Å². The normalized spacial score (nSPS) is 10.4. The van der Waals surface area contributed by atoms with Crippen LogP contribution in [0.15, 0.2) is 24.3 Å². The lowest BCUT2D eigenvalue weighted by atomic mass is 10.1. The van der Waals surface area contributed by atoms with Crippen LogP contribution in [0.3, 0.4) is 0 Å². The van der Waals surface area contributed by atoms with Gasteiger partial charge in [-0.05, 0) is 24.6 Å². The van der Waals surface area contributed by atoms with Gasteiger partial charge in [-0.1, -0.05) is 12.1 Å².